The number of anilines is 3. The lowest BCUT2D eigenvalue weighted by atomic mass is 9.98. The second-order valence-electron chi connectivity index (χ2n) is 8.61. The molecule has 0 atom stereocenters. The number of hydrogen-bond acceptors (Lipinski definition) is 6. The van der Waals surface area contributed by atoms with Crippen LogP contribution in [-0.4, -0.2) is 47.4 Å². The first-order valence-electron chi connectivity index (χ1n) is 11.6. The summed E-state index contributed by atoms with van der Waals surface area (Å²) >= 11 is 0. The van der Waals surface area contributed by atoms with E-state index < -0.39 is 6.03 Å². The Hall–Kier alpha value is -3.92. The number of carbonyl (C=O) groups is 1. The first-order valence-corrected chi connectivity index (χ1v) is 11.6. The van der Waals surface area contributed by atoms with Crippen molar-refractivity contribution in [2.24, 2.45) is 11.5 Å². The third kappa shape index (κ3) is 4.57. The maximum absolute atomic E-state index is 12.3. The summed E-state index contributed by atoms with van der Waals surface area (Å²) < 4.78 is 5.47. The average Bonchev–Trinajstić information content (AvgIpc) is 3.27. The van der Waals surface area contributed by atoms with Crippen LogP contribution in [0.1, 0.15) is 11.1 Å². The Labute approximate surface area is 203 Å². The molecule has 5 rings (SSSR count). The summed E-state index contributed by atoms with van der Waals surface area (Å²) in [7, 11) is 0. The summed E-state index contributed by atoms with van der Waals surface area (Å²) in [5.74, 6) is 0.459. The molecule has 4 aromatic rings. The molecule has 9 heteroatoms. The van der Waals surface area contributed by atoms with E-state index in [1.807, 2.05) is 48.5 Å². The lowest BCUT2D eigenvalue weighted by molar-refractivity contribution is 0.0343. The predicted molar refractivity (Wildman–Crippen MR) is 138 cm³/mol. The Morgan fingerprint density at radius 1 is 1.06 bits per heavy atom. The van der Waals surface area contributed by atoms with Crippen molar-refractivity contribution in [1.82, 2.24) is 15.1 Å². The number of morpholine rings is 1. The highest BCUT2D eigenvalue weighted by Gasteiger charge is 2.19. The van der Waals surface area contributed by atoms with E-state index in [-0.39, 0.29) is 0 Å². The van der Waals surface area contributed by atoms with Gasteiger partial charge in [0, 0.05) is 26.2 Å². The number of nitrogens with one attached hydrogen (secondary N) is 1. The minimum Gasteiger partial charge on any atom is -0.382 e. The van der Waals surface area contributed by atoms with Gasteiger partial charge in [0.15, 0.2) is 5.82 Å². The number of nitrogens with zero attached hydrogens (tertiary/aromatic N) is 3. The highest BCUT2D eigenvalue weighted by Crippen LogP contribution is 2.35. The number of benzene rings is 3. The van der Waals surface area contributed by atoms with Gasteiger partial charge >= 0.3 is 6.03 Å². The van der Waals surface area contributed by atoms with E-state index >= 15 is 0 Å². The third-order valence-electron chi connectivity index (χ3n) is 6.39. The number of ether oxygens (including phenoxy) is 1. The van der Waals surface area contributed by atoms with Crippen LogP contribution in [0.25, 0.3) is 22.0 Å². The first kappa shape index (κ1) is 22.9. The topological polar surface area (TPSA) is 140 Å². The van der Waals surface area contributed by atoms with Crippen molar-refractivity contribution in [3.05, 3.63) is 71.8 Å². The lowest BCUT2D eigenvalue weighted by Crippen LogP contribution is -2.35. The summed E-state index contributed by atoms with van der Waals surface area (Å²) in [6.07, 6.45) is 0. The van der Waals surface area contributed by atoms with Crippen molar-refractivity contribution in [2.75, 3.05) is 36.9 Å². The zero-order valence-electron chi connectivity index (χ0n) is 19.4. The number of nitrogens with two attached hydrogens (primary N) is 3. The minimum absolute atomic E-state index is 0.378. The van der Waals surface area contributed by atoms with Crippen LogP contribution in [-0.2, 0) is 17.8 Å². The van der Waals surface area contributed by atoms with Gasteiger partial charge in [-0.3, -0.25) is 14.9 Å². The Morgan fingerprint density at radius 3 is 2.54 bits per heavy atom. The number of urea groups is 1. The highest BCUT2D eigenvalue weighted by molar-refractivity contribution is 6.03. The number of aromatic amines is 1. The molecule has 9 nitrogen and oxygen atoms in total. The molecule has 2 heterocycles. The number of primary amides is 1. The van der Waals surface area contributed by atoms with Crippen molar-refractivity contribution in [3.8, 4) is 11.1 Å². The van der Waals surface area contributed by atoms with E-state index in [1.165, 1.54) is 4.90 Å². The van der Waals surface area contributed by atoms with E-state index in [0.717, 1.165) is 66.0 Å². The molecule has 0 bridgehead atoms. The molecule has 0 aliphatic carbocycles. The second-order valence-corrected chi connectivity index (χ2v) is 8.61. The molecule has 3 aromatic carbocycles. The molecule has 0 saturated carbocycles. The quantitative estimate of drug-likeness (QED) is 0.340. The molecular formula is C26H29N7O2. The van der Waals surface area contributed by atoms with E-state index in [2.05, 4.69) is 27.2 Å². The van der Waals surface area contributed by atoms with Gasteiger partial charge in [0.05, 0.1) is 35.5 Å². The zero-order chi connectivity index (χ0) is 24.4. The summed E-state index contributed by atoms with van der Waals surface area (Å²) in [5.41, 5.74) is 24.0. The maximum Gasteiger partial charge on any atom is 0.323 e. The van der Waals surface area contributed by atoms with Gasteiger partial charge in [0.25, 0.3) is 0 Å². The van der Waals surface area contributed by atoms with Gasteiger partial charge in [0.1, 0.15) is 0 Å². The fourth-order valence-corrected chi connectivity index (χ4v) is 4.60. The van der Waals surface area contributed by atoms with Gasteiger partial charge in [0.2, 0.25) is 0 Å². The number of amides is 2. The van der Waals surface area contributed by atoms with Crippen molar-refractivity contribution in [3.63, 3.8) is 0 Å². The van der Waals surface area contributed by atoms with Crippen molar-refractivity contribution in [1.29, 1.82) is 0 Å². The summed E-state index contributed by atoms with van der Waals surface area (Å²) in [5, 5.41) is 8.31. The standard InChI is InChI=1S/C26H29N7O2/c27-15-17-2-1-3-21(14-17)33(26(29)34)20-7-4-18(5-8-20)22-9-6-19(16-32-10-12-35-13-11-32)24-23(22)25(28)31-30-24/h1-9,14H,10-13,15-16,27H2,(H2,29,34)(H3,28,30,31). The molecule has 1 saturated heterocycles. The minimum atomic E-state index is -0.569. The highest BCUT2D eigenvalue weighted by atomic mass is 16.5. The second kappa shape index (κ2) is 9.75. The Morgan fingerprint density at radius 2 is 1.83 bits per heavy atom. The Balaban J connectivity index is 1.48. The van der Waals surface area contributed by atoms with Crippen LogP contribution in [0, 0.1) is 0 Å². The van der Waals surface area contributed by atoms with E-state index in [0.29, 0.717) is 23.7 Å². The molecule has 1 aromatic heterocycles. The maximum atomic E-state index is 12.3. The first-order chi connectivity index (χ1) is 17.0. The van der Waals surface area contributed by atoms with Crippen LogP contribution >= 0.6 is 0 Å². The number of H-pyrrole nitrogens is 1. The van der Waals surface area contributed by atoms with Gasteiger partial charge in [-0.15, -0.1) is 0 Å². The van der Waals surface area contributed by atoms with Crippen LogP contribution in [0.4, 0.5) is 22.0 Å². The predicted octanol–water partition coefficient (Wildman–Crippen LogP) is 3.32. The Bertz CT molecular complexity index is 1340. The molecule has 0 radical (unpaired) electrons. The monoisotopic (exact) mass is 471 g/mol. The average molecular weight is 472 g/mol. The van der Waals surface area contributed by atoms with Crippen molar-refractivity contribution in [2.45, 2.75) is 13.1 Å². The van der Waals surface area contributed by atoms with Crippen molar-refractivity contribution < 1.29 is 9.53 Å². The fourth-order valence-electron chi connectivity index (χ4n) is 4.60. The largest absolute Gasteiger partial charge is 0.382 e. The number of fused-ring (bicyclic) bond motifs is 1. The molecule has 35 heavy (non-hydrogen) atoms. The molecule has 1 fully saturated rings. The molecule has 0 unspecified atom stereocenters. The number of nitrogen functional groups attached to an aromatic ring is 1. The molecule has 1 aliphatic heterocycles. The number of rotatable bonds is 6. The van der Waals surface area contributed by atoms with Gasteiger partial charge in [-0.2, -0.15) is 5.10 Å². The van der Waals surface area contributed by atoms with E-state index in [9.17, 15) is 4.79 Å². The zero-order valence-corrected chi connectivity index (χ0v) is 19.4. The number of aromatic nitrogens is 2. The molecule has 180 valence electrons. The third-order valence-corrected chi connectivity index (χ3v) is 6.39. The molecule has 7 N–H and O–H groups in total. The lowest BCUT2D eigenvalue weighted by Gasteiger charge is -2.26. The molecule has 2 amide bonds. The number of carbonyl (C=O) groups excluding carboxylic acids is 1. The molecule has 0 spiro atoms. The smallest absolute Gasteiger partial charge is 0.323 e. The van der Waals surface area contributed by atoms with Crippen LogP contribution in [0.5, 0.6) is 0 Å². The van der Waals surface area contributed by atoms with E-state index in [4.69, 9.17) is 21.9 Å². The van der Waals surface area contributed by atoms with Crippen LogP contribution < -0.4 is 22.1 Å². The molecular weight excluding hydrogens is 442 g/mol. The van der Waals surface area contributed by atoms with Gasteiger partial charge in [-0.05, 0) is 46.5 Å². The van der Waals surface area contributed by atoms with Crippen LogP contribution in [0.2, 0.25) is 0 Å². The SMILES string of the molecule is NCc1cccc(N(C(N)=O)c2ccc(-c3ccc(CN4CCOCC4)c4[nH]nc(N)c34)cc2)c1. The van der Waals surface area contributed by atoms with Crippen LogP contribution in [0.15, 0.2) is 60.7 Å². The van der Waals surface area contributed by atoms with Gasteiger partial charge in [-0.1, -0.05) is 36.4 Å². The van der Waals surface area contributed by atoms with Crippen LogP contribution in [0.3, 0.4) is 0 Å². The number of hydrogen-bond donors (Lipinski definition) is 4. The van der Waals surface area contributed by atoms with Gasteiger partial charge < -0.3 is 21.9 Å². The fraction of sp³-hybridized carbons (Fsp3) is 0.231. The van der Waals surface area contributed by atoms with E-state index in [1.54, 1.807) is 0 Å². The Kier molecular flexibility index (Phi) is 6.37. The summed E-state index contributed by atoms with van der Waals surface area (Å²) in [6.45, 7) is 4.48. The summed E-state index contributed by atoms with van der Waals surface area (Å²) in [4.78, 5) is 16.1. The van der Waals surface area contributed by atoms with Crippen molar-refractivity contribution >= 4 is 34.1 Å². The molecule has 1 aliphatic rings. The normalized spacial score (nSPS) is 14.3. The van der Waals surface area contributed by atoms with Gasteiger partial charge in [-0.25, -0.2) is 4.79 Å². The summed E-state index contributed by atoms with van der Waals surface area (Å²) in [6, 6.07) is 18.8.